The number of carbonyl (C=O) groups is 2. The van der Waals surface area contributed by atoms with E-state index >= 15 is 0 Å². The second-order valence-corrected chi connectivity index (χ2v) is 4.24. The monoisotopic (exact) mass is 274 g/mol. The average Bonchev–Trinajstić information content (AvgIpc) is 2.47. The Morgan fingerprint density at radius 2 is 1.45 bits per heavy atom. The molecule has 0 aliphatic rings. The largest absolute Gasteiger partial charge is 0.468 e. The lowest BCUT2D eigenvalue weighted by Crippen LogP contribution is -2.26. The number of benzene rings is 1. The van der Waals surface area contributed by atoms with E-state index in [1.807, 2.05) is 19.1 Å². The van der Waals surface area contributed by atoms with Gasteiger partial charge in [-0.2, -0.15) is 0 Å². The number of aryl methyl sites for hydroxylation is 1. The molecular formula is C16H18O4. The highest BCUT2D eigenvalue weighted by Gasteiger charge is 2.33. The minimum Gasteiger partial charge on any atom is -0.468 e. The van der Waals surface area contributed by atoms with Gasteiger partial charge >= 0.3 is 11.9 Å². The van der Waals surface area contributed by atoms with E-state index in [0.717, 1.165) is 5.56 Å². The zero-order chi connectivity index (χ0) is 15.3. The van der Waals surface area contributed by atoms with Crippen molar-refractivity contribution in [2.45, 2.75) is 12.8 Å². The SMILES string of the molecule is C=Cc1cc(C)cc(C=C)c1C(C(=O)OC)C(=O)OC. The van der Waals surface area contributed by atoms with E-state index in [0.29, 0.717) is 16.7 Å². The molecule has 0 amide bonds. The molecule has 0 spiro atoms. The summed E-state index contributed by atoms with van der Waals surface area (Å²) in [5, 5.41) is 0. The van der Waals surface area contributed by atoms with Crippen molar-refractivity contribution in [1.29, 1.82) is 0 Å². The molecule has 0 heterocycles. The van der Waals surface area contributed by atoms with Crippen molar-refractivity contribution in [2.24, 2.45) is 0 Å². The maximum Gasteiger partial charge on any atom is 0.324 e. The molecule has 0 radical (unpaired) electrons. The normalized spacial score (nSPS) is 10.0. The predicted octanol–water partition coefficient (Wildman–Crippen LogP) is 2.71. The summed E-state index contributed by atoms with van der Waals surface area (Å²) in [5.74, 6) is -2.49. The van der Waals surface area contributed by atoms with Crippen molar-refractivity contribution in [2.75, 3.05) is 14.2 Å². The minimum atomic E-state index is -1.15. The first kappa shape index (κ1) is 15.7. The Balaban J connectivity index is 3.61. The van der Waals surface area contributed by atoms with Gasteiger partial charge in [0.25, 0.3) is 0 Å². The van der Waals surface area contributed by atoms with Crippen LogP contribution in [0.15, 0.2) is 25.3 Å². The first-order valence-electron chi connectivity index (χ1n) is 6.05. The summed E-state index contributed by atoms with van der Waals surface area (Å²) in [5.41, 5.74) is 2.84. The van der Waals surface area contributed by atoms with Crippen LogP contribution in [0.25, 0.3) is 12.2 Å². The third-order valence-corrected chi connectivity index (χ3v) is 2.99. The van der Waals surface area contributed by atoms with Crippen molar-refractivity contribution in [3.63, 3.8) is 0 Å². The topological polar surface area (TPSA) is 52.6 Å². The standard InChI is InChI=1S/C16H18O4/c1-6-11-8-10(3)9-12(7-2)13(11)14(15(17)19-4)16(18)20-5/h6-9,14H,1-2H2,3-5H3. The van der Waals surface area contributed by atoms with Crippen LogP contribution in [0.5, 0.6) is 0 Å². The average molecular weight is 274 g/mol. The van der Waals surface area contributed by atoms with E-state index < -0.39 is 17.9 Å². The van der Waals surface area contributed by atoms with Gasteiger partial charge in [0.2, 0.25) is 0 Å². The Labute approximate surface area is 118 Å². The Hall–Kier alpha value is -2.36. The number of hydrogen-bond acceptors (Lipinski definition) is 4. The highest BCUT2D eigenvalue weighted by molar-refractivity contribution is 6.02. The van der Waals surface area contributed by atoms with Crippen LogP contribution in [0.2, 0.25) is 0 Å². The van der Waals surface area contributed by atoms with Crippen LogP contribution in [0.4, 0.5) is 0 Å². The number of rotatable bonds is 5. The summed E-state index contributed by atoms with van der Waals surface area (Å²) in [6, 6.07) is 3.68. The molecule has 4 nitrogen and oxygen atoms in total. The Kier molecular flexibility index (Phi) is 5.26. The Morgan fingerprint density at radius 3 is 1.75 bits per heavy atom. The molecule has 1 rings (SSSR count). The zero-order valence-corrected chi connectivity index (χ0v) is 11.9. The molecule has 106 valence electrons. The quantitative estimate of drug-likeness (QED) is 0.612. The van der Waals surface area contributed by atoms with Crippen molar-refractivity contribution in [3.8, 4) is 0 Å². The smallest absolute Gasteiger partial charge is 0.324 e. The molecule has 4 heteroatoms. The number of esters is 2. The summed E-state index contributed by atoms with van der Waals surface area (Å²) in [7, 11) is 2.46. The Morgan fingerprint density at radius 1 is 1.05 bits per heavy atom. The molecule has 0 bridgehead atoms. The second kappa shape index (κ2) is 6.70. The predicted molar refractivity (Wildman–Crippen MR) is 78.1 cm³/mol. The maximum atomic E-state index is 11.9. The second-order valence-electron chi connectivity index (χ2n) is 4.24. The van der Waals surface area contributed by atoms with E-state index in [1.165, 1.54) is 14.2 Å². The van der Waals surface area contributed by atoms with Gasteiger partial charge in [0, 0.05) is 0 Å². The molecule has 0 aliphatic heterocycles. The van der Waals surface area contributed by atoms with Gasteiger partial charge in [-0.05, 0) is 29.2 Å². The lowest BCUT2D eigenvalue weighted by Gasteiger charge is -2.18. The first-order valence-corrected chi connectivity index (χ1v) is 6.05. The van der Waals surface area contributed by atoms with E-state index in [4.69, 9.17) is 9.47 Å². The fourth-order valence-corrected chi connectivity index (χ4v) is 2.09. The molecule has 0 unspecified atom stereocenters. The van der Waals surface area contributed by atoms with E-state index in [9.17, 15) is 9.59 Å². The molecule has 0 aliphatic carbocycles. The van der Waals surface area contributed by atoms with Crippen LogP contribution in [-0.4, -0.2) is 26.2 Å². The van der Waals surface area contributed by atoms with Gasteiger partial charge in [0.05, 0.1) is 14.2 Å². The fraction of sp³-hybridized carbons (Fsp3) is 0.250. The highest BCUT2D eigenvalue weighted by atomic mass is 16.5. The minimum absolute atomic E-state index is 0.499. The summed E-state index contributed by atoms with van der Waals surface area (Å²) in [4.78, 5) is 23.9. The van der Waals surface area contributed by atoms with E-state index in [-0.39, 0.29) is 0 Å². The lowest BCUT2D eigenvalue weighted by molar-refractivity contribution is -0.154. The lowest BCUT2D eigenvalue weighted by atomic mass is 9.88. The number of hydrogen-bond donors (Lipinski definition) is 0. The van der Waals surface area contributed by atoms with Gasteiger partial charge in [-0.25, -0.2) is 0 Å². The maximum absolute atomic E-state index is 11.9. The molecule has 0 saturated heterocycles. The molecular weight excluding hydrogens is 256 g/mol. The first-order chi connectivity index (χ1) is 9.49. The van der Waals surface area contributed by atoms with Crippen LogP contribution < -0.4 is 0 Å². The molecule has 0 saturated carbocycles. The van der Waals surface area contributed by atoms with Crippen molar-refractivity contribution < 1.29 is 19.1 Å². The van der Waals surface area contributed by atoms with Crippen LogP contribution >= 0.6 is 0 Å². The van der Waals surface area contributed by atoms with Gasteiger partial charge < -0.3 is 9.47 Å². The summed E-state index contributed by atoms with van der Waals surface area (Å²) < 4.78 is 9.42. The van der Waals surface area contributed by atoms with Crippen molar-refractivity contribution in [3.05, 3.63) is 47.5 Å². The summed E-state index contributed by atoms with van der Waals surface area (Å²) in [6.07, 6.45) is 3.18. The summed E-state index contributed by atoms with van der Waals surface area (Å²) >= 11 is 0. The fourth-order valence-electron chi connectivity index (χ4n) is 2.09. The van der Waals surface area contributed by atoms with Crippen LogP contribution in [-0.2, 0) is 19.1 Å². The molecule has 0 atom stereocenters. The highest BCUT2D eigenvalue weighted by Crippen LogP contribution is 2.29. The van der Waals surface area contributed by atoms with E-state index in [2.05, 4.69) is 13.2 Å². The van der Waals surface area contributed by atoms with Gasteiger partial charge in [0.15, 0.2) is 5.92 Å². The number of carbonyl (C=O) groups excluding carboxylic acids is 2. The molecule has 20 heavy (non-hydrogen) atoms. The van der Waals surface area contributed by atoms with Crippen molar-refractivity contribution in [1.82, 2.24) is 0 Å². The van der Waals surface area contributed by atoms with Crippen LogP contribution in [0.3, 0.4) is 0 Å². The molecule has 1 aromatic carbocycles. The third kappa shape index (κ3) is 2.96. The van der Waals surface area contributed by atoms with Crippen LogP contribution in [0, 0.1) is 6.92 Å². The van der Waals surface area contributed by atoms with Gasteiger partial charge in [-0.15, -0.1) is 0 Å². The summed E-state index contributed by atoms with van der Waals surface area (Å²) in [6.45, 7) is 9.36. The third-order valence-electron chi connectivity index (χ3n) is 2.99. The molecule has 0 aromatic heterocycles. The number of methoxy groups -OCH3 is 2. The number of ether oxygens (including phenoxy) is 2. The van der Waals surface area contributed by atoms with Gasteiger partial charge in [0.1, 0.15) is 0 Å². The Bertz CT molecular complexity index is 513. The van der Waals surface area contributed by atoms with E-state index in [1.54, 1.807) is 12.2 Å². The molecule has 1 aromatic rings. The zero-order valence-electron chi connectivity index (χ0n) is 11.9. The van der Waals surface area contributed by atoms with Crippen molar-refractivity contribution >= 4 is 24.1 Å². The molecule has 0 fully saturated rings. The van der Waals surface area contributed by atoms with Crippen LogP contribution in [0.1, 0.15) is 28.2 Å². The van der Waals surface area contributed by atoms with Gasteiger partial charge in [-0.1, -0.05) is 37.4 Å². The molecule has 0 N–H and O–H groups in total. The van der Waals surface area contributed by atoms with Gasteiger partial charge in [-0.3, -0.25) is 9.59 Å².